The van der Waals surface area contributed by atoms with Crippen molar-refractivity contribution in [3.8, 4) is 11.3 Å². The van der Waals surface area contributed by atoms with Gasteiger partial charge in [0.25, 0.3) is 0 Å². The number of aryl methyl sites for hydroxylation is 2. The lowest BCUT2D eigenvalue weighted by Gasteiger charge is -2.09. The first-order valence-corrected chi connectivity index (χ1v) is 6.41. The van der Waals surface area contributed by atoms with Crippen LogP contribution in [0.15, 0.2) is 30.3 Å². The van der Waals surface area contributed by atoms with Gasteiger partial charge in [-0.3, -0.25) is 0 Å². The van der Waals surface area contributed by atoms with E-state index in [0.29, 0.717) is 9.63 Å². The highest BCUT2D eigenvalue weighted by atomic mass is 32.1. The molecule has 2 aromatic rings. The normalized spacial score (nSPS) is 10.3. The standard InChI is InChI=1S/C14H14N2S2/c1-8-3-5-10(6-4-8)12-9(2)7-11(13(15)17)14(18)16-12/h3-7H,1-2H3,(H2,15,17)(H,16,18). The maximum absolute atomic E-state index is 5.64. The Kier molecular flexibility index (Phi) is 3.59. The summed E-state index contributed by atoms with van der Waals surface area (Å²) in [5.41, 5.74) is 10.8. The summed E-state index contributed by atoms with van der Waals surface area (Å²) < 4.78 is 0.587. The van der Waals surface area contributed by atoms with E-state index < -0.39 is 0 Å². The highest BCUT2D eigenvalue weighted by molar-refractivity contribution is 7.80. The van der Waals surface area contributed by atoms with Crippen molar-refractivity contribution in [2.24, 2.45) is 5.73 Å². The van der Waals surface area contributed by atoms with Gasteiger partial charge in [-0.05, 0) is 31.0 Å². The zero-order chi connectivity index (χ0) is 13.3. The number of hydrogen-bond acceptors (Lipinski definition) is 2. The van der Waals surface area contributed by atoms with Crippen molar-refractivity contribution in [1.82, 2.24) is 4.98 Å². The van der Waals surface area contributed by atoms with Gasteiger partial charge < -0.3 is 10.7 Å². The molecule has 0 saturated carbocycles. The van der Waals surface area contributed by atoms with Crippen LogP contribution in [0.2, 0.25) is 0 Å². The Morgan fingerprint density at radius 2 is 1.78 bits per heavy atom. The Morgan fingerprint density at radius 1 is 1.17 bits per heavy atom. The van der Waals surface area contributed by atoms with Crippen LogP contribution in [0.3, 0.4) is 0 Å². The van der Waals surface area contributed by atoms with E-state index >= 15 is 0 Å². The maximum atomic E-state index is 5.64. The Bertz CT molecular complexity index is 654. The molecule has 0 fully saturated rings. The Balaban J connectivity index is 2.60. The van der Waals surface area contributed by atoms with E-state index in [0.717, 1.165) is 22.4 Å². The molecule has 0 spiro atoms. The molecule has 18 heavy (non-hydrogen) atoms. The van der Waals surface area contributed by atoms with Gasteiger partial charge in [-0.1, -0.05) is 54.3 Å². The highest BCUT2D eigenvalue weighted by Crippen LogP contribution is 2.22. The molecule has 0 bridgehead atoms. The summed E-state index contributed by atoms with van der Waals surface area (Å²) >= 11 is 10.3. The van der Waals surface area contributed by atoms with Crippen molar-refractivity contribution in [1.29, 1.82) is 0 Å². The fraction of sp³-hybridized carbons (Fsp3) is 0.143. The number of thiocarbonyl (C=S) groups is 1. The monoisotopic (exact) mass is 274 g/mol. The maximum Gasteiger partial charge on any atom is 0.113 e. The Hall–Kier alpha value is -1.52. The average molecular weight is 274 g/mol. The third-order valence-corrected chi connectivity index (χ3v) is 3.39. The van der Waals surface area contributed by atoms with Gasteiger partial charge in [-0.15, -0.1) is 0 Å². The van der Waals surface area contributed by atoms with Gasteiger partial charge in [-0.2, -0.15) is 0 Å². The van der Waals surface area contributed by atoms with Crippen LogP contribution in [0, 0.1) is 18.5 Å². The summed E-state index contributed by atoms with van der Waals surface area (Å²) in [6, 6.07) is 10.2. The number of pyridine rings is 1. The summed E-state index contributed by atoms with van der Waals surface area (Å²) in [6.07, 6.45) is 0. The molecule has 0 amide bonds. The molecule has 2 nitrogen and oxygen atoms in total. The van der Waals surface area contributed by atoms with E-state index in [1.54, 1.807) is 0 Å². The second-order valence-corrected chi connectivity index (χ2v) is 5.15. The summed E-state index contributed by atoms with van der Waals surface area (Å²) in [4.78, 5) is 3.54. The lowest BCUT2D eigenvalue weighted by Crippen LogP contribution is -2.11. The fourth-order valence-electron chi connectivity index (χ4n) is 1.84. The molecular formula is C14H14N2S2. The molecule has 1 aromatic carbocycles. The van der Waals surface area contributed by atoms with Crippen molar-refractivity contribution in [3.63, 3.8) is 0 Å². The van der Waals surface area contributed by atoms with Crippen LogP contribution in [0.5, 0.6) is 0 Å². The summed E-state index contributed by atoms with van der Waals surface area (Å²) in [7, 11) is 0. The summed E-state index contributed by atoms with van der Waals surface area (Å²) in [5, 5.41) is 0. The van der Waals surface area contributed by atoms with E-state index in [-0.39, 0.29) is 0 Å². The molecule has 0 atom stereocenters. The number of rotatable bonds is 2. The van der Waals surface area contributed by atoms with Crippen LogP contribution >= 0.6 is 24.4 Å². The number of aromatic amines is 1. The molecule has 2 rings (SSSR count). The topological polar surface area (TPSA) is 41.8 Å². The number of nitrogens with two attached hydrogens (primary N) is 1. The second kappa shape index (κ2) is 5.00. The summed E-state index contributed by atoms with van der Waals surface area (Å²) in [6.45, 7) is 4.08. The predicted octanol–water partition coefficient (Wildman–Crippen LogP) is 3.66. The predicted molar refractivity (Wildman–Crippen MR) is 82.4 cm³/mol. The average Bonchev–Trinajstić information content (AvgIpc) is 2.32. The van der Waals surface area contributed by atoms with Crippen LogP contribution in [-0.2, 0) is 0 Å². The first-order valence-electron chi connectivity index (χ1n) is 5.60. The molecule has 0 aliphatic carbocycles. The molecule has 92 valence electrons. The minimum atomic E-state index is 0.329. The minimum Gasteiger partial charge on any atom is -0.389 e. The van der Waals surface area contributed by atoms with Crippen molar-refractivity contribution >= 4 is 29.4 Å². The molecule has 0 unspecified atom stereocenters. The number of aromatic nitrogens is 1. The fourth-order valence-corrected chi connectivity index (χ4v) is 2.33. The van der Waals surface area contributed by atoms with Crippen LogP contribution in [-0.4, -0.2) is 9.97 Å². The quantitative estimate of drug-likeness (QED) is 0.821. The van der Waals surface area contributed by atoms with Gasteiger partial charge in [0.15, 0.2) is 0 Å². The Morgan fingerprint density at radius 3 is 2.33 bits per heavy atom. The molecule has 4 heteroatoms. The van der Waals surface area contributed by atoms with Crippen LogP contribution in [0.25, 0.3) is 11.3 Å². The van der Waals surface area contributed by atoms with E-state index in [1.807, 2.05) is 13.0 Å². The summed E-state index contributed by atoms with van der Waals surface area (Å²) in [5.74, 6) is 0. The van der Waals surface area contributed by atoms with Gasteiger partial charge in [0.1, 0.15) is 9.63 Å². The van der Waals surface area contributed by atoms with Crippen molar-refractivity contribution in [2.75, 3.05) is 0 Å². The number of H-pyrrole nitrogens is 1. The van der Waals surface area contributed by atoms with E-state index in [4.69, 9.17) is 30.2 Å². The first kappa shape index (κ1) is 12.9. The van der Waals surface area contributed by atoms with Crippen molar-refractivity contribution in [3.05, 3.63) is 51.7 Å². The number of nitrogens with one attached hydrogen (secondary N) is 1. The number of hydrogen-bond donors (Lipinski definition) is 2. The Labute approximate surface area is 117 Å². The molecule has 0 aliphatic rings. The zero-order valence-corrected chi connectivity index (χ0v) is 11.9. The highest BCUT2D eigenvalue weighted by Gasteiger charge is 2.07. The van der Waals surface area contributed by atoms with Crippen LogP contribution in [0.1, 0.15) is 16.7 Å². The van der Waals surface area contributed by atoms with Gasteiger partial charge in [0.2, 0.25) is 0 Å². The van der Waals surface area contributed by atoms with Gasteiger partial charge in [0, 0.05) is 11.3 Å². The minimum absolute atomic E-state index is 0.329. The lowest BCUT2D eigenvalue weighted by atomic mass is 10.0. The molecule has 1 aromatic heterocycles. The molecule has 0 radical (unpaired) electrons. The molecule has 3 N–H and O–H groups in total. The molecule has 1 heterocycles. The number of benzene rings is 1. The smallest absolute Gasteiger partial charge is 0.113 e. The van der Waals surface area contributed by atoms with Crippen molar-refractivity contribution in [2.45, 2.75) is 13.8 Å². The third-order valence-electron chi connectivity index (χ3n) is 2.84. The second-order valence-electron chi connectivity index (χ2n) is 4.30. The van der Waals surface area contributed by atoms with E-state index in [9.17, 15) is 0 Å². The zero-order valence-electron chi connectivity index (χ0n) is 10.3. The van der Waals surface area contributed by atoms with Crippen molar-refractivity contribution < 1.29 is 0 Å². The first-order chi connectivity index (χ1) is 8.49. The largest absolute Gasteiger partial charge is 0.389 e. The molecule has 0 saturated heterocycles. The van der Waals surface area contributed by atoms with Gasteiger partial charge in [0.05, 0.1) is 0 Å². The van der Waals surface area contributed by atoms with E-state index in [1.165, 1.54) is 5.56 Å². The lowest BCUT2D eigenvalue weighted by molar-refractivity contribution is 1.23. The molecular weight excluding hydrogens is 260 g/mol. The SMILES string of the molecule is Cc1ccc(-c2[nH]c(=S)c(C(N)=S)cc2C)cc1. The van der Waals surface area contributed by atoms with E-state index in [2.05, 4.69) is 36.2 Å². The molecule has 0 aliphatic heterocycles. The third kappa shape index (κ3) is 2.49. The van der Waals surface area contributed by atoms with Gasteiger partial charge >= 0.3 is 0 Å². The van der Waals surface area contributed by atoms with Crippen LogP contribution < -0.4 is 5.73 Å². The van der Waals surface area contributed by atoms with Gasteiger partial charge in [-0.25, -0.2) is 0 Å². The van der Waals surface area contributed by atoms with Crippen LogP contribution in [0.4, 0.5) is 0 Å².